The Kier molecular flexibility index (Phi) is 5.98. The van der Waals surface area contributed by atoms with Crippen LogP contribution in [0.15, 0.2) is 48.8 Å². The average Bonchev–Trinajstić information content (AvgIpc) is 2.55. The third kappa shape index (κ3) is 5.90. The number of ether oxygens (including phenoxy) is 1. The lowest BCUT2D eigenvalue weighted by Gasteiger charge is -2.20. The highest BCUT2D eigenvalue weighted by Crippen LogP contribution is 2.27. The lowest BCUT2D eigenvalue weighted by Crippen LogP contribution is -2.23. The van der Waals surface area contributed by atoms with Crippen molar-refractivity contribution in [2.24, 2.45) is 0 Å². The van der Waals surface area contributed by atoms with Crippen LogP contribution in [0.4, 0.5) is 13.2 Å². The van der Waals surface area contributed by atoms with E-state index in [4.69, 9.17) is 4.74 Å². The van der Waals surface area contributed by atoms with Crippen LogP contribution in [-0.2, 0) is 6.54 Å². The largest absolute Gasteiger partial charge is 0.497 e. The SMILES string of the molecule is COc1ccc(CNC(CCC(F)(F)F)c2cccnc2)cc1. The number of alkyl halides is 3. The summed E-state index contributed by atoms with van der Waals surface area (Å²) in [6.45, 7) is 0.474. The number of rotatable bonds is 7. The number of nitrogens with one attached hydrogen (secondary N) is 1. The van der Waals surface area contributed by atoms with Crippen molar-refractivity contribution in [3.8, 4) is 5.75 Å². The standard InChI is InChI=1S/C17H19F3N2O/c1-23-15-6-4-13(5-7-15)11-22-16(8-9-17(18,19)20)14-3-2-10-21-12-14/h2-7,10,12,16,22H,8-9,11H2,1H3. The summed E-state index contributed by atoms with van der Waals surface area (Å²) in [6, 6.07) is 10.5. The van der Waals surface area contributed by atoms with Crippen molar-refractivity contribution in [3.63, 3.8) is 0 Å². The molecule has 0 amide bonds. The van der Waals surface area contributed by atoms with E-state index >= 15 is 0 Å². The number of hydrogen-bond donors (Lipinski definition) is 1. The van der Waals surface area contributed by atoms with Gasteiger partial charge in [0.2, 0.25) is 0 Å². The minimum Gasteiger partial charge on any atom is -0.497 e. The maximum absolute atomic E-state index is 12.5. The van der Waals surface area contributed by atoms with E-state index in [-0.39, 0.29) is 6.42 Å². The molecule has 0 radical (unpaired) electrons. The third-order valence-electron chi connectivity index (χ3n) is 3.51. The molecule has 1 unspecified atom stereocenters. The Morgan fingerprint density at radius 3 is 2.48 bits per heavy atom. The highest BCUT2D eigenvalue weighted by atomic mass is 19.4. The Hall–Kier alpha value is -2.08. The van der Waals surface area contributed by atoms with Gasteiger partial charge < -0.3 is 10.1 Å². The summed E-state index contributed by atoms with van der Waals surface area (Å²) in [7, 11) is 1.59. The quantitative estimate of drug-likeness (QED) is 0.826. The van der Waals surface area contributed by atoms with Crippen molar-refractivity contribution in [2.45, 2.75) is 31.6 Å². The molecule has 1 N–H and O–H groups in total. The summed E-state index contributed by atoms with van der Waals surface area (Å²) in [5, 5.41) is 3.18. The second-order valence-corrected chi connectivity index (χ2v) is 5.22. The van der Waals surface area contributed by atoms with Crippen molar-refractivity contribution in [2.75, 3.05) is 7.11 Å². The highest BCUT2D eigenvalue weighted by molar-refractivity contribution is 5.27. The molecule has 2 aromatic rings. The second-order valence-electron chi connectivity index (χ2n) is 5.22. The Bertz CT molecular complexity index is 585. The zero-order chi connectivity index (χ0) is 16.7. The number of nitrogens with zero attached hydrogens (tertiary/aromatic N) is 1. The van der Waals surface area contributed by atoms with Gasteiger partial charge in [-0.2, -0.15) is 13.2 Å². The minimum atomic E-state index is -4.16. The second kappa shape index (κ2) is 7.97. The summed E-state index contributed by atoms with van der Waals surface area (Å²) in [5.41, 5.74) is 1.73. The van der Waals surface area contributed by atoms with E-state index in [1.54, 1.807) is 31.6 Å². The highest BCUT2D eigenvalue weighted by Gasteiger charge is 2.28. The molecule has 0 aliphatic heterocycles. The average molecular weight is 324 g/mol. The summed E-state index contributed by atoms with van der Waals surface area (Å²) < 4.78 is 42.6. The molecule has 3 nitrogen and oxygen atoms in total. The summed E-state index contributed by atoms with van der Waals surface area (Å²) in [6.07, 6.45) is -1.81. The van der Waals surface area contributed by atoms with Crippen LogP contribution >= 0.6 is 0 Å². The van der Waals surface area contributed by atoms with Crippen molar-refractivity contribution in [3.05, 3.63) is 59.9 Å². The van der Waals surface area contributed by atoms with Gasteiger partial charge in [0.05, 0.1) is 7.11 Å². The topological polar surface area (TPSA) is 34.1 Å². The van der Waals surface area contributed by atoms with E-state index in [0.29, 0.717) is 6.54 Å². The van der Waals surface area contributed by atoms with E-state index in [1.165, 1.54) is 0 Å². The molecule has 0 aliphatic rings. The predicted octanol–water partition coefficient (Wildman–Crippen LogP) is 4.26. The number of hydrogen-bond acceptors (Lipinski definition) is 3. The van der Waals surface area contributed by atoms with Gasteiger partial charge in [-0.05, 0) is 35.7 Å². The van der Waals surface area contributed by atoms with Crippen LogP contribution < -0.4 is 10.1 Å². The summed E-state index contributed by atoms with van der Waals surface area (Å²) in [4.78, 5) is 3.99. The molecule has 6 heteroatoms. The Labute approximate surface area is 133 Å². The maximum atomic E-state index is 12.5. The summed E-state index contributed by atoms with van der Waals surface area (Å²) >= 11 is 0. The van der Waals surface area contributed by atoms with Crippen molar-refractivity contribution >= 4 is 0 Å². The van der Waals surface area contributed by atoms with Crippen molar-refractivity contribution in [1.82, 2.24) is 10.3 Å². The predicted molar refractivity (Wildman–Crippen MR) is 82.1 cm³/mol. The van der Waals surface area contributed by atoms with Crippen LogP contribution in [0, 0.1) is 0 Å². The van der Waals surface area contributed by atoms with Gasteiger partial charge in [-0.1, -0.05) is 18.2 Å². The molecule has 1 aromatic heterocycles. The lowest BCUT2D eigenvalue weighted by molar-refractivity contribution is -0.136. The normalized spacial score (nSPS) is 12.9. The smallest absolute Gasteiger partial charge is 0.389 e. The van der Waals surface area contributed by atoms with E-state index in [9.17, 15) is 13.2 Å². The first-order valence-electron chi connectivity index (χ1n) is 7.31. The van der Waals surface area contributed by atoms with E-state index < -0.39 is 18.6 Å². The van der Waals surface area contributed by atoms with Crippen molar-refractivity contribution in [1.29, 1.82) is 0 Å². The van der Waals surface area contributed by atoms with Gasteiger partial charge >= 0.3 is 6.18 Å². The Morgan fingerprint density at radius 1 is 1.17 bits per heavy atom. The van der Waals surface area contributed by atoms with Crippen LogP contribution in [0.1, 0.15) is 30.0 Å². The molecule has 1 atom stereocenters. The molecular formula is C17H19F3N2O. The summed E-state index contributed by atoms with van der Waals surface area (Å²) in [5.74, 6) is 0.745. The third-order valence-corrected chi connectivity index (χ3v) is 3.51. The van der Waals surface area contributed by atoms with Crippen LogP contribution in [0.3, 0.4) is 0 Å². The van der Waals surface area contributed by atoms with Gasteiger partial charge in [0.1, 0.15) is 5.75 Å². The zero-order valence-electron chi connectivity index (χ0n) is 12.8. The Balaban J connectivity index is 2.01. The molecule has 0 bridgehead atoms. The lowest BCUT2D eigenvalue weighted by atomic mass is 10.0. The van der Waals surface area contributed by atoms with E-state index in [2.05, 4.69) is 10.3 Å². The van der Waals surface area contributed by atoms with Gasteiger partial charge in [0.25, 0.3) is 0 Å². The van der Waals surface area contributed by atoms with Gasteiger partial charge in [0, 0.05) is 31.4 Å². The van der Waals surface area contributed by atoms with E-state index in [1.807, 2.05) is 24.3 Å². The molecule has 0 saturated heterocycles. The van der Waals surface area contributed by atoms with Gasteiger partial charge in [-0.15, -0.1) is 0 Å². The van der Waals surface area contributed by atoms with Crippen molar-refractivity contribution < 1.29 is 17.9 Å². The van der Waals surface area contributed by atoms with Crippen LogP contribution in [0.25, 0.3) is 0 Å². The van der Waals surface area contributed by atoms with Crippen LogP contribution in [0.2, 0.25) is 0 Å². The van der Waals surface area contributed by atoms with Gasteiger partial charge in [-0.3, -0.25) is 4.98 Å². The number of methoxy groups -OCH3 is 1. The van der Waals surface area contributed by atoms with Crippen LogP contribution in [0.5, 0.6) is 5.75 Å². The molecule has 124 valence electrons. The molecule has 2 rings (SSSR count). The first kappa shape index (κ1) is 17.3. The number of halogens is 3. The first-order chi connectivity index (χ1) is 11.0. The zero-order valence-corrected chi connectivity index (χ0v) is 12.8. The number of benzene rings is 1. The molecule has 23 heavy (non-hydrogen) atoms. The molecule has 0 aliphatic carbocycles. The number of aromatic nitrogens is 1. The fourth-order valence-corrected chi connectivity index (χ4v) is 2.26. The Morgan fingerprint density at radius 2 is 1.91 bits per heavy atom. The fourth-order valence-electron chi connectivity index (χ4n) is 2.26. The molecule has 0 saturated carbocycles. The van der Waals surface area contributed by atoms with Gasteiger partial charge in [-0.25, -0.2) is 0 Å². The minimum absolute atomic E-state index is 0.0225. The maximum Gasteiger partial charge on any atom is 0.389 e. The van der Waals surface area contributed by atoms with Gasteiger partial charge in [0.15, 0.2) is 0 Å². The molecule has 1 heterocycles. The first-order valence-corrected chi connectivity index (χ1v) is 7.31. The molecule has 1 aromatic carbocycles. The monoisotopic (exact) mass is 324 g/mol. The number of pyridine rings is 1. The molecule has 0 spiro atoms. The molecule has 0 fully saturated rings. The van der Waals surface area contributed by atoms with E-state index in [0.717, 1.165) is 16.9 Å². The van der Waals surface area contributed by atoms with Crippen LogP contribution in [-0.4, -0.2) is 18.3 Å². The molecular weight excluding hydrogens is 305 g/mol. The fraction of sp³-hybridized carbons (Fsp3) is 0.353.